The summed E-state index contributed by atoms with van der Waals surface area (Å²) in [4.78, 5) is 0. The topological polar surface area (TPSA) is 41.5 Å². The number of aliphatic hydroxyl groups excluding tert-OH is 1. The van der Waals surface area contributed by atoms with Crippen molar-refractivity contribution in [2.75, 3.05) is 6.54 Å². The Bertz CT molecular complexity index is 373. The first kappa shape index (κ1) is 17.0. The molecule has 0 saturated heterocycles. The van der Waals surface area contributed by atoms with E-state index < -0.39 is 0 Å². The molecule has 1 aromatic rings. The van der Waals surface area contributed by atoms with E-state index in [9.17, 15) is 5.11 Å². The van der Waals surface area contributed by atoms with Crippen molar-refractivity contribution in [3.05, 3.63) is 29.8 Å². The summed E-state index contributed by atoms with van der Waals surface area (Å²) in [5, 5.41) is 13.2. The molecule has 3 nitrogen and oxygen atoms in total. The Kier molecular flexibility index (Phi) is 7.03. The summed E-state index contributed by atoms with van der Waals surface area (Å²) in [7, 11) is 0. The molecular formula is C17H29NO2. The third-order valence-electron chi connectivity index (χ3n) is 3.16. The number of hydrogen-bond donors (Lipinski definition) is 2. The maximum absolute atomic E-state index is 9.88. The van der Waals surface area contributed by atoms with E-state index in [2.05, 4.69) is 38.2 Å². The lowest BCUT2D eigenvalue weighted by molar-refractivity contribution is 0.143. The van der Waals surface area contributed by atoms with Crippen LogP contribution in [0.1, 0.15) is 52.6 Å². The Morgan fingerprint density at radius 1 is 1.05 bits per heavy atom. The van der Waals surface area contributed by atoms with Crippen LogP contribution in [0.5, 0.6) is 5.75 Å². The van der Waals surface area contributed by atoms with Crippen LogP contribution in [0.4, 0.5) is 0 Å². The fourth-order valence-corrected chi connectivity index (χ4v) is 2.17. The molecule has 0 bridgehead atoms. The maximum atomic E-state index is 9.88. The molecule has 0 fully saturated rings. The quantitative estimate of drug-likeness (QED) is 0.765. The third kappa shape index (κ3) is 6.40. The lowest BCUT2D eigenvalue weighted by Crippen LogP contribution is -2.29. The van der Waals surface area contributed by atoms with Crippen molar-refractivity contribution >= 4 is 0 Å². The molecular weight excluding hydrogens is 250 g/mol. The number of aliphatic hydroxyl groups is 1. The molecule has 0 radical (unpaired) electrons. The second-order valence-corrected chi connectivity index (χ2v) is 6.15. The maximum Gasteiger partial charge on any atom is 0.119 e. The van der Waals surface area contributed by atoms with Crippen molar-refractivity contribution in [2.45, 2.75) is 59.3 Å². The average Bonchev–Trinajstić information content (AvgIpc) is 2.35. The number of ether oxygens (including phenoxy) is 1. The Labute approximate surface area is 123 Å². The number of rotatable bonds is 8. The van der Waals surface area contributed by atoms with Crippen molar-refractivity contribution < 1.29 is 9.84 Å². The molecule has 0 aliphatic heterocycles. The second-order valence-electron chi connectivity index (χ2n) is 6.15. The van der Waals surface area contributed by atoms with Gasteiger partial charge in [0, 0.05) is 12.6 Å². The highest BCUT2D eigenvalue weighted by molar-refractivity contribution is 5.29. The smallest absolute Gasteiger partial charge is 0.119 e. The Morgan fingerprint density at radius 2 is 1.65 bits per heavy atom. The SMILES string of the molecule is CC(C)CC(O)CNC(C)c1ccc(OC(C)C)cc1. The zero-order chi connectivity index (χ0) is 15.1. The first-order valence-corrected chi connectivity index (χ1v) is 7.56. The van der Waals surface area contributed by atoms with Gasteiger partial charge in [-0.15, -0.1) is 0 Å². The highest BCUT2D eigenvalue weighted by atomic mass is 16.5. The molecule has 0 saturated carbocycles. The van der Waals surface area contributed by atoms with Crippen LogP contribution in [0.3, 0.4) is 0 Å². The Balaban J connectivity index is 2.45. The molecule has 2 atom stereocenters. The third-order valence-corrected chi connectivity index (χ3v) is 3.16. The van der Waals surface area contributed by atoms with Crippen LogP contribution in [0.25, 0.3) is 0 Å². The monoisotopic (exact) mass is 279 g/mol. The van der Waals surface area contributed by atoms with Crippen molar-refractivity contribution in [1.82, 2.24) is 5.32 Å². The molecule has 0 aliphatic carbocycles. The zero-order valence-electron chi connectivity index (χ0n) is 13.4. The first-order valence-electron chi connectivity index (χ1n) is 7.56. The van der Waals surface area contributed by atoms with Crippen LogP contribution in [0.15, 0.2) is 24.3 Å². The normalized spacial score (nSPS) is 14.6. The molecule has 1 rings (SSSR count). The lowest BCUT2D eigenvalue weighted by atomic mass is 10.0. The molecule has 20 heavy (non-hydrogen) atoms. The van der Waals surface area contributed by atoms with Crippen LogP contribution in [-0.2, 0) is 0 Å². The molecule has 114 valence electrons. The van der Waals surface area contributed by atoms with Gasteiger partial charge in [-0.25, -0.2) is 0 Å². The Morgan fingerprint density at radius 3 is 2.15 bits per heavy atom. The minimum Gasteiger partial charge on any atom is -0.491 e. The van der Waals surface area contributed by atoms with Gasteiger partial charge in [0.05, 0.1) is 12.2 Å². The minimum absolute atomic E-state index is 0.197. The predicted molar refractivity (Wildman–Crippen MR) is 84.1 cm³/mol. The largest absolute Gasteiger partial charge is 0.491 e. The van der Waals surface area contributed by atoms with Crippen LogP contribution >= 0.6 is 0 Å². The van der Waals surface area contributed by atoms with Gasteiger partial charge in [0.15, 0.2) is 0 Å². The van der Waals surface area contributed by atoms with Crippen LogP contribution in [0.2, 0.25) is 0 Å². The van der Waals surface area contributed by atoms with Crippen molar-refractivity contribution in [2.24, 2.45) is 5.92 Å². The van der Waals surface area contributed by atoms with Crippen LogP contribution < -0.4 is 10.1 Å². The summed E-state index contributed by atoms with van der Waals surface area (Å²) in [6, 6.07) is 8.37. The van der Waals surface area contributed by atoms with Crippen molar-refractivity contribution in [1.29, 1.82) is 0 Å². The van der Waals surface area contributed by atoms with E-state index in [1.807, 2.05) is 26.0 Å². The second kappa shape index (κ2) is 8.28. The molecule has 2 unspecified atom stereocenters. The molecule has 0 heterocycles. The highest BCUT2D eigenvalue weighted by Gasteiger charge is 2.10. The highest BCUT2D eigenvalue weighted by Crippen LogP contribution is 2.18. The van der Waals surface area contributed by atoms with Crippen molar-refractivity contribution in [3.8, 4) is 5.75 Å². The molecule has 2 N–H and O–H groups in total. The van der Waals surface area contributed by atoms with Gasteiger partial charge in [0.25, 0.3) is 0 Å². The fourth-order valence-electron chi connectivity index (χ4n) is 2.17. The van der Waals surface area contributed by atoms with E-state index in [1.54, 1.807) is 0 Å². The zero-order valence-corrected chi connectivity index (χ0v) is 13.4. The predicted octanol–water partition coefficient (Wildman–Crippen LogP) is 3.53. The molecule has 0 amide bonds. The number of nitrogens with one attached hydrogen (secondary N) is 1. The molecule has 1 aromatic carbocycles. The molecule has 3 heteroatoms. The standard InChI is InChI=1S/C17H29NO2/c1-12(2)10-16(19)11-18-14(5)15-6-8-17(9-7-15)20-13(3)4/h6-9,12-14,16,18-19H,10-11H2,1-5H3. The summed E-state index contributed by atoms with van der Waals surface area (Å²) in [5.74, 6) is 1.42. The van der Waals surface area contributed by atoms with Gasteiger partial charge in [0.1, 0.15) is 5.75 Å². The number of benzene rings is 1. The van der Waals surface area contributed by atoms with Gasteiger partial charge in [-0.2, -0.15) is 0 Å². The van der Waals surface area contributed by atoms with E-state index in [4.69, 9.17) is 4.74 Å². The van der Waals surface area contributed by atoms with E-state index >= 15 is 0 Å². The van der Waals surface area contributed by atoms with Gasteiger partial charge in [-0.05, 0) is 50.8 Å². The molecule has 0 spiro atoms. The molecule has 0 aliphatic rings. The van der Waals surface area contributed by atoms with E-state index in [0.717, 1.165) is 12.2 Å². The summed E-state index contributed by atoms with van der Waals surface area (Å²) in [6.45, 7) is 11.0. The lowest BCUT2D eigenvalue weighted by Gasteiger charge is -2.19. The van der Waals surface area contributed by atoms with Gasteiger partial charge < -0.3 is 15.2 Å². The summed E-state index contributed by atoms with van der Waals surface area (Å²) >= 11 is 0. The average molecular weight is 279 g/mol. The number of hydrogen-bond acceptors (Lipinski definition) is 3. The van der Waals surface area contributed by atoms with E-state index in [-0.39, 0.29) is 18.2 Å². The van der Waals surface area contributed by atoms with Crippen LogP contribution in [-0.4, -0.2) is 23.9 Å². The minimum atomic E-state index is -0.277. The summed E-state index contributed by atoms with van der Waals surface area (Å²) in [6.07, 6.45) is 0.754. The first-order chi connectivity index (χ1) is 9.38. The van der Waals surface area contributed by atoms with Gasteiger partial charge in [-0.1, -0.05) is 26.0 Å². The summed E-state index contributed by atoms with van der Waals surface area (Å²) in [5.41, 5.74) is 1.21. The van der Waals surface area contributed by atoms with Gasteiger partial charge in [0.2, 0.25) is 0 Å². The van der Waals surface area contributed by atoms with Gasteiger partial charge >= 0.3 is 0 Å². The Hall–Kier alpha value is -1.06. The van der Waals surface area contributed by atoms with Gasteiger partial charge in [-0.3, -0.25) is 0 Å². The van der Waals surface area contributed by atoms with E-state index in [0.29, 0.717) is 12.5 Å². The van der Waals surface area contributed by atoms with Crippen LogP contribution in [0, 0.1) is 5.92 Å². The van der Waals surface area contributed by atoms with Crippen molar-refractivity contribution in [3.63, 3.8) is 0 Å². The summed E-state index contributed by atoms with van der Waals surface area (Å²) < 4.78 is 5.63. The molecule has 0 aromatic heterocycles. The van der Waals surface area contributed by atoms with E-state index in [1.165, 1.54) is 5.56 Å². The fraction of sp³-hybridized carbons (Fsp3) is 0.647.